The second-order valence-corrected chi connectivity index (χ2v) is 5.72. The molecule has 0 bridgehead atoms. The van der Waals surface area contributed by atoms with E-state index in [1.807, 2.05) is 0 Å². The van der Waals surface area contributed by atoms with E-state index in [1.165, 1.54) is 32.7 Å². The van der Waals surface area contributed by atoms with Gasteiger partial charge in [-0.2, -0.15) is 0 Å². The van der Waals surface area contributed by atoms with Crippen LogP contribution in [0.3, 0.4) is 0 Å². The largest absolute Gasteiger partial charge is 0.480 e. The minimum atomic E-state index is -0.701. The molecule has 0 spiro atoms. The number of carbonyl (C=O) groups is 1. The lowest BCUT2D eigenvalue weighted by atomic mass is 9.96. The van der Waals surface area contributed by atoms with E-state index in [9.17, 15) is 4.79 Å². The SMILES string of the molecule is CN1CCN(CC2CCN(CC(=O)O)CC2)CC1. The zero-order valence-electron chi connectivity index (χ0n) is 11.3. The van der Waals surface area contributed by atoms with Crippen LogP contribution in [0.5, 0.6) is 0 Å². The topological polar surface area (TPSA) is 47.0 Å². The van der Waals surface area contributed by atoms with Crippen LogP contribution < -0.4 is 0 Å². The molecule has 2 fully saturated rings. The fourth-order valence-corrected chi connectivity index (χ4v) is 2.91. The highest BCUT2D eigenvalue weighted by molar-refractivity contribution is 5.69. The average molecular weight is 255 g/mol. The number of likely N-dealkylation sites (N-methyl/N-ethyl adjacent to an activating group) is 1. The molecular weight excluding hydrogens is 230 g/mol. The van der Waals surface area contributed by atoms with Gasteiger partial charge in [0.1, 0.15) is 0 Å². The zero-order valence-corrected chi connectivity index (χ0v) is 11.3. The first-order valence-corrected chi connectivity index (χ1v) is 6.98. The highest BCUT2D eigenvalue weighted by Crippen LogP contribution is 2.18. The Labute approximate surface area is 109 Å². The van der Waals surface area contributed by atoms with Gasteiger partial charge >= 0.3 is 5.97 Å². The minimum absolute atomic E-state index is 0.210. The number of piperazine rings is 1. The summed E-state index contributed by atoms with van der Waals surface area (Å²) in [6.45, 7) is 8.04. The molecule has 0 aromatic rings. The van der Waals surface area contributed by atoms with Crippen LogP contribution in [0.1, 0.15) is 12.8 Å². The molecule has 1 N–H and O–H groups in total. The van der Waals surface area contributed by atoms with Gasteiger partial charge in [-0.25, -0.2) is 0 Å². The van der Waals surface area contributed by atoms with Crippen molar-refractivity contribution in [3.05, 3.63) is 0 Å². The van der Waals surface area contributed by atoms with Gasteiger partial charge in [-0.05, 0) is 38.9 Å². The van der Waals surface area contributed by atoms with Crippen LogP contribution in [0, 0.1) is 5.92 Å². The van der Waals surface area contributed by atoms with Crippen LogP contribution in [-0.4, -0.2) is 85.2 Å². The van der Waals surface area contributed by atoms with Crippen LogP contribution in [0.25, 0.3) is 0 Å². The van der Waals surface area contributed by atoms with E-state index in [2.05, 4.69) is 21.7 Å². The summed E-state index contributed by atoms with van der Waals surface area (Å²) in [5.41, 5.74) is 0. The number of piperidine rings is 1. The normalized spacial score (nSPS) is 25.4. The summed E-state index contributed by atoms with van der Waals surface area (Å²) in [6, 6.07) is 0. The second-order valence-electron chi connectivity index (χ2n) is 5.72. The molecule has 5 heteroatoms. The summed E-state index contributed by atoms with van der Waals surface area (Å²) >= 11 is 0. The maximum Gasteiger partial charge on any atom is 0.317 e. The summed E-state index contributed by atoms with van der Waals surface area (Å²) in [7, 11) is 2.18. The van der Waals surface area contributed by atoms with Crippen molar-refractivity contribution in [3.63, 3.8) is 0 Å². The van der Waals surface area contributed by atoms with Gasteiger partial charge in [0.15, 0.2) is 0 Å². The van der Waals surface area contributed by atoms with Crippen molar-refractivity contribution < 1.29 is 9.90 Å². The van der Waals surface area contributed by atoms with Gasteiger partial charge < -0.3 is 14.9 Å². The first-order chi connectivity index (χ1) is 8.63. The van der Waals surface area contributed by atoms with Gasteiger partial charge in [0.25, 0.3) is 0 Å². The molecule has 0 aliphatic carbocycles. The van der Waals surface area contributed by atoms with Gasteiger partial charge in [0.05, 0.1) is 6.54 Å². The van der Waals surface area contributed by atoms with Crippen LogP contribution in [0.15, 0.2) is 0 Å². The number of nitrogens with zero attached hydrogens (tertiary/aromatic N) is 3. The summed E-state index contributed by atoms with van der Waals surface area (Å²) < 4.78 is 0. The molecule has 18 heavy (non-hydrogen) atoms. The standard InChI is InChI=1S/C13H25N3O2/c1-14-6-8-16(9-7-14)10-12-2-4-15(5-3-12)11-13(17)18/h12H,2-11H2,1H3,(H,17,18). The number of aliphatic carboxylic acids is 1. The van der Waals surface area contributed by atoms with Gasteiger partial charge in [-0.15, -0.1) is 0 Å². The maximum absolute atomic E-state index is 10.6. The molecule has 0 unspecified atom stereocenters. The first-order valence-electron chi connectivity index (χ1n) is 6.98. The summed E-state index contributed by atoms with van der Waals surface area (Å²) in [5.74, 6) is 0.0611. The molecule has 2 aliphatic rings. The average Bonchev–Trinajstić information content (AvgIpc) is 2.34. The third kappa shape index (κ3) is 4.23. The first kappa shape index (κ1) is 13.8. The summed E-state index contributed by atoms with van der Waals surface area (Å²) in [5, 5.41) is 8.76. The van der Waals surface area contributed by atoms with Gasteiger partial charge in [-0.1, -0.05) is 0 Å². The molecule has 2 aliphatic heterocycles. The van der Waals surface area contributed by atoms with Crippen molar-refractivity contribution >= 4 is 5.97 Å². The lowest BCUT2D eigenvalue weighted by Gasteiger charge is -2.37. The van der Waals surface area contributed by atoms with E-state index in [4.69, 9.17) is 5.11 Å². The van der Waals surface area contributed by atoms with Crippen molar-refractivity contribution in [2.75, 3.05) is 59.4 Å². The van der Waals surface area contributed by atoms with Gasteiger partial charge in [-0.3, -0.25) is 9.69 Å². The minimum Gasteiger partial charge on any atom is -0.480 e. The molecule has 0 atom stereocenters. The molecule has 0 aromatic carbocycles. The van der Waals surface area contributed by atoms with Crippen LogP contribution >= 0.6 is 0 Å². The maximum atomic E-state index is 10.6. The lowest BCUT2D eigenvalue weighted by Crippen LogP contribution is -2.47. The molecule has 5 nitrogen and oxygen atoms in total. The lowest BCUT2D eigenvalue weighted by molar-refractivity contribution is -0.138. The molecule has 0 radical (unpaired) electrons. The third-order valence-corrected chi connectivity index (χ3v) is 4.18. The Kier molecular flexibility index (Phi) is 4.97. The fraction of sp³-hybridized carbons (Fsp3) is 0.923. The van der Waals surface area contributed by atoms with Crippen LogP contribution in [0.2, 0.25) is 0 Å². The van der Waals surface area contributed by atoms with Crippen molar-refractivity contribution in [2.24, 2.45) is 5.92 Å². The molecule has 2 saturated heterocycles. The molecule has 0 saturated carbocycles. The molecular formula is C13H25N3O2. The van der Waals surface area contributed by atoms with Crippen molar-refractivity contribution in [2.45, 2.75) is 12.8 Å². The molecule has 0 amide bonds. The number of likely N-dealkylation sites (tertiary alicyclic amines) is 1. The third-order valence-electron chi connectivity index (χ3n) is 4.18. The van der Waals surface area contributed by atoms with E-state index in [0.29, 0.717) is 0 Å². The Morgan fingerprint density at radius 3 is 2.22 bits per heavy atom. The summed E-state index contributed by atoms with van der Waals surface area (Å²) in [4.78, 5) is 17.6. The summed E-state index contributed by atoms with van der Waals surface area (Å²) in [6.07, 6.45) is 2.30. The highest BCUT2D eigenvalue weighted by Gasteiger charge is 2.23. The van der Waals surface area contributed by atoms with E-state index >= 15 is 0 Å². The van der Waals surface area contributed by atoms with Crippen LogP contribution in [-0.2, 0) is 4.79 Å². The smallest absolute Gasteiger partial charge is 0.317 e. The number of carboxylic acid groups (broad SMARTS) is 1. The van der Waals surface area contributed by atoms with Crippen molar-refractivity contribution in [1.82, 2.24) is 14.7 Å². The number of rotatable bonds is 4. The molecule has 2 rings (SSSR count). The van der Waals surface area contributed by atoms with E-state index < -0.39 is 5.97 Å². The Balaban J connectivity index is 1.65. The number of carboxylic acids is 1. The van der Waals surface area contributed by atoms with Crippen LogP contribution in [0.4, 0.5) is 0 Å². The Hall–Kier alpha value is -0.650. The predicted molar refractivity (Wildman–Crippen MR) is 70.7 cm³/mol. The van der Waals surface area contributed by atoms with Gasteiger partial charge in [0.2, 0.25) is 0 Å². The van der Waals surface area contributed by atoms with Crippen molar-refractivity contribution in [1.29, 1.82) is 0 Å². The molecule has 2 heterocycles. The second kappa shape index (κ2) is 6.50. The Bertz CT molecular complexity index is 269. The van der Waals surface area contributed by atoms with E-state index in [0.717, 1.165) is 31.8 Å². The number of hydrogen-bond acceptors (Lipinski definition) is 4. The van der Waals surface area contributed by atoms with E-state index in [-0.39, 0.29) is 6.54 Å². The van der Waals surface area contributed by atoms with E-state index in [1.54, 1.807) is 0 Å². The molecule has 0 aromatic heterocycles. The fourth-order valence-electron chi connectivity index (χ4n) is 2.91. The van der Waals surface area contributed by atoms with Crippen molar-refractivity contribution in [3.8, 4) is 0 Å². The molecule has 104 valence electrons. The predicted octanol–water partition coefficient (Wildman–Crippen LogP) is 0.0304. The number of hydrogen-bond donors (Lipinski definition) is 1. The van der Waals surface area contributed by atoms with Gasteiger partial charge in [0, 0.05) is 32.7 Å². The Morgan fingerprint density at radius 1 is 1.06 bits per heavy atom. The highest BCUT2D eigenvalue weighted by atomic mass is 16.4. The Morgan fingerprint density at radius 2 is 1.67 bits per heavy atom. The zero-order chi connectivity index (χ0) is 13.0. The monoisotopic (exact) mass is 255 g/mol. The quantitative estimate of drug-likeness (QED) is 0.768.